The SMILES string of the molecule is CCCC1CCC(CCc2ccc(C=Cc3ccc(C[C@@H](C)c4ccccc4)cc3)c(F)c2)CC1. The van der Waals surface area contributed by atoms with E-state index in [1.54, 1.807) is 6.07 Å². The number of benzene rings is 3. The average molecular weight is 469 g/mol. The van der Waals surface area contributed by atoms with Gasteiger partial charge in [-0.2, -0.15) is 0 Å². The lowest BCUT2D eigenvalue weighted by Crippen LogP contribution is -2.15. The van der Waals surface area contributed by atoms with Crippen molar-refractivity contribution in [3.8, 4) is 0 Å². The molecule has 184 valence electrons. The summed E-state index contributed by atoms with van der Waals surface area (Å²) in [7, 11) is 0. The van der Waals surface area contributed by atoms with E-state index in [-0.39, 0.29) is 5.82 Å². The van der Waals surface area contributed by atoms with Crippen LogP contribution in [0.2, 0.25) is 0 Å². The maximum absolute atomic E-state index is 14.8. The second-order valence-electron chi connectivity index (χ2n) is 10.7. The summed E-state index contributed by atoms with van der Waals surface area (Å²) in [6.45, 7) is 4.57. The molecule has 0 saturated heterocycles. The predicted molar refractivity (Wildman–Crippen MR) is 149 cm³/mol. The van der Waals surface area contributed by atoms with Crippen LogP contribution < -0.4 is 0 Å². The summed E-state index contributed by atoms with van der Waals surface area (Å²) in [5.74, 6) is 2.15. The van der Waals surface area contributed by atoms with Gasteiger partial charge in [0, 0.05) is 5.56 Å². The van der Waals surface area contributed by atoms with E-state index in [0.717, 1.165) is 35.8 Å². The maximum atomic E-state index is 14.8. The monoisotopic (exact) mass is 468 g/mol. The van der Waals surface area contributed by atoms with Crippen LogP contribution in [0.25, 0.3) is 12.2 Å². The Morgan fingerprint density at radius 1 is 0.800 bits per heavy atom. The number of hydrogen-bond acceptors (Lipinski definition) is 0. The van der Waals surface area contributed by atoms with Crippen molar-refractivity contribution in [3.05, 3.63) is 106 Å². The van der Waals surface area contributed by atoms with Crippen molar-refractivity contribution in [2.45, 2.75) is 77.6 Å². The fraction of sp³-hybridized carbons (Fsp3) is 0.412. The Balaban J connectivity index is 1.27. The topological polar surface area (TPSA) is 0 Å². The van der Waals surface area contributed by atoms with Crippen LogP contribution in [0.15, 0.2) is 72.8 Å². The summed E-state index contributed by atoms with van der Waals surface area (Å²) in [6, 6.07) is 25.1. The summed E-state index contributed by atoms with van der Waals surface area (Å²) in [6.07, 6.45) is 15.3. The van der Waals surface area contributed by atoms with Crippen molar-refractivity contribution in [1.29, 1.82) is 0 Å². The first kappa shape index (κ1) is 25.4. The molecule has 1 heteroatoms. The molecule has 4 rings (SSSR count). The zero-order chi connectivity index (χ0) is 24.5. The zero-order valence-electron chi connectivity index (χ0n) is 21.6. The summed E-state index contributed by atoms with van der Waals surface area (Å²) in [5.41, 5.74) is 5.59. The normalized spacial score (nSPS) is 19.2. The van der Waals surface area contributed by atoms with Crippen LogP contribution >= 0.6 is 0 Å². The minimum atomic E-state index is -0.112. The first-order valence-corrected chi connectivity index (χ1v) is 13.7. The van der Waals surface area contributed by atoms with Crippen LogP contribution in [0.3, 0.4) is 0 Å². The highest BCUT2D eigenvalue weighted by molar-refractivity contribution is 5.70. The lowest BCUT2D eigenvalue weighted by atomic mass is 9.78. The molecular formula is C34H41F. The van der Waals surface area contributed by atoms with Gasteiger partial charge in [0.25, 0.3) is 0 Å². The second-order valence-corrected chi connectivity index (χ2v) is 10.7. The summed E-state index contributed by atoms with van der Waals surface area (Å²) in [5, 5.41) is 0. The molecule has 0 radical (unpaired) electrons. The predicted octanol–water partition coefficient (Wildman–Crippen LogP) is 9.88. The Kier molecular flexibility index (Phi) is 9.35. The van der Waals surface area contributed by atoms with Crippen molar-refractivity contribution in [3.63, 3.8) is 0 Å². The average Bonchev–Trinajstić information content (AvgIpc) is 2.89. The van der Waals surface area contributed by atoms with Crippen LogP contribution in [0.1, 0.15) is 92.5 Å². The van der Waals surface area contributed by atoms with E-state index in [9.17, 15) is 4.39 Å². The van der Waals surface area contributed by atoms with Gasteiger partial charge in [0.05, 0.1) is 0 Å². The minimum Gasteiger partial charge on any atom is -0.206 e. The largest absolute Gasteiger partial charge is 0.206 e. The highest BCUT2D eigenvalue weighted by Crippen LogP contribution is 2.34. The first-order valence-electron chi connectivity index (χ1n) is 13.7. The summed E-state index contributed by atoms with van der Waals surface area (Å²) < 4.78 is 14.8. The van der Waals surface area contributed by atoms with E-state index in [0.29, 0.717) is 11.5 Å². The molecule has 0 amide bonds. The lowest BCUT2D eigenvalue weighted by molar-refractivity contribution is 0.252. The van der Waals surface area contributed by atoms with Crippen LogP contribution in [-0.4, -0.2) is 0 Å². The second kappa shape index (κ2) is 12.9. The van der Waals surface area contributed by atoms with Crippen LogP contribution in [0.5, 0.6) is 0 Å². The van der Waals surface area contributed by atoms with Gasteiger partial charge in [0.2, 0.25) is 0 Å². The van der Waals surface area contributed by atoms with Gasteiger partial charge >= 0.3 is 0 Å². The van der Waals surface area contributed by atoms with Crippen molar-refractivity contribution in [2.75, 3.05) is 0 Å². The van der Waals surface area contributed by atoms with Crippen LogP contribution in [0.4, 0.5) is 4.39 Å². The molecule has 0 heterocycles. The Bertz CT molecular complexity index is 1060. The van der Waals surface area contributed by atoms with Gasteiger partial charge in [0.15, 0.2) is 0 Å². The fourth-order valence-electron chi connectivity index (χ4n) is 5.65. The molecule has 3 aromatic rings. The van der Waals surface area contributed by atoms with E-state index >= 15 is 0 Å². The van der Waals surface area contributed by atoms with Crippen molar-refractivity contribution < 1.29 is 4.39 Å². The molecular weight excluding hydrogens is 427 g/mol. The lowest BCUT2D eigenvalue weighted by Gasteiger charge is -2.28. The van der Waals surface area contributed by atoms with E-state index < -0.39 is 0 Å². The molecule has 35 heavy (non-hydrogen) atoms. The molecule has 1 fully saturated rings. The molecule has 0 bridgehead atoms. The van der Waals surface area contributed by atoms with Crippen molar-refractivity contribution in [2.24, 2.45) is 11.8 Å². The van der Waals surface area contributed by atoms with Crippen LogP contribution in [-0.2, 0) is 12.8 Å². The Hall–Kier alpha value is -2.67. The van der Waals surface area contributed by atoms with Gasteiger partial charge in [-0.15, -0.1) is 0 Å². The van der Waals surface area contributed by atoms with Gasteiger partial charge in [-0.05, 0) is 65.3 Å². The first-order chi connectivity index (χ1) is 17.1. The number of rotatable bonds is 10. The van der Waals surface area contributed by atoms with Crippen molar-refractivity contribution in [1.82, 2.24) is 0 Å². The molecule has 0 unspecified atom stereocenters. The fourth-order valence-corrected chi connectivity index (χ4v) is 5.65. The van der Waals surface area contributed by atoms with Gasteiger partial charge in [-0.3, -0.25) is 0 Å². The van der Waals surface area contributed by atoms with E-state index in [2.05, 4.69) is 74.5 Å². The Morgan fingerprint density at radius 2 is 1.46 bits per heavy atom. The summed E-state index contributed by atoms with van der Waals surface area (Å²) >= 11 is 0. The molecule has 0 spiro atoms. The molecule has 1 atom stereocenters. The van der Waals surface area contributed by atoms with Crippen molar-refractivity contribution >= 4 is 12.2 Å². The molecule has 0 nitrogen and oxygen atoms in total. The Morgan fingerprint density at radius 3 is 2.11 bits per heavy atom. The van der Waals surface area contributed by atoms with Crippen LogP contribution in [0, 0.1) is 17.7 Å². The molecule has 1 saturated carbocycles. The van der Waals surface area contributed by atoms with E-state index in [1.165, 1.54) is 56.1 Å². The highest BCUT2D eigenvalue weighted by Gasteiger charge is 2.20. The van der Waals surface area contributed by atoms with Gasteiger partial charge < -0.3 is 0 Å². The third-order valence-corrected chi connectivity index (χ3v) is 7.91. The number of hydrogen-bond donors (Lipinski definition) is 0. The zero-order valence-corrected chi connectivity index (χ0v) is 21.6. The molecule has 1 aliphatic carbocycles. The molecule has 3 aromatic carbocycles. The molecule has 1 aliphatic rings. The third-order valence-electron chi connectivity index (χ3n) is 7.91. The molecule has 0 N–H and O–H groups in total. The third kappa shape index (κ3) is 7.66. The maximum Gasteiger partial charge on any atom is 0.130 e. The van der Waals surface area contributed by atoms with E-state index in [1.807, 2.05) is 18.2 Å². The molecule has 0 aliphatic heterocycles. The highest BCUT2D eigenvalue weighted by atomic mass is 19.1. The van der Waals surface area contributed by atoms with Gasteiger partial charge in [-0.1, -0.05) is 131 Å². The van der Waals surface area contributed by atoms with Gasteiger partial charge in [-0.25, -0.2) is 4.39 Å². The van der Waals surface area contributed by atoms with Gasteiger partial charge in [0.1, 0.15) is 5.82 Å². The van der Waals surface area contributed by atoms with E-state index in [4.69, 9.17) is 0 Å². The molecule has 0 aromatic heterocycles. The summed E-state index contributed by atoms with van der Waals surface area (Å²) in [4.78, 5) is 0. The number of halogens is 1. The quantitative estimate of drug-likeness (QED) is 0.260. The minimum absolute atomic E-state index is 0.112. The Labute approximate surface area is 212 Å². The smallest absolute Gasteiger partial charge is 0.130 e. The standard InChI is InChI=1S/C34H41F/c1-3-7-27-10-12-28(13-11-27)16-19-31-21-23-33(34(35)25-31)22-20-29-14-17-30(18-15-29)24-26(2)32-8-5-4-6-9-32/h4-6,8-9,14-15,17-18,20-23,25-28H,3,7,10-13,16,19,24H2,1-2H3/t26-,27?,28?/m1/s1. The number of aryl methyl sites for hydroxylation is 1.